The Bertz CT molecular complexity index is 803. The third-order valence-electron chi connectivity index (χ3n) is 4.53. The predicted octanol–water partition coefficient (Wildman–Crippen LogP) is 4.68. The molecule has 0 atom stereocenters. The van der Waals surface area contributed by atoms with Gasteiger partial charge in [-0.15, -0.1) is 0 Å². The number of aromatic nitrogens is 2. The Morgan fingerprint density at radius 1 is 1.14 bits per heavy atom. The zero-order chi connectivity index (χ0) is 14.9. The van der Waals surface area contributed by atoms with E-state index in [4.69, 9.17) is 14.4 Å². The molecule has 4 rings (SSSR count). The van der Waals surface area contributed by atoms with E-state index in [2.05, 4.69) is 18.3 Å². The lowest BCUT2D eigenvalue weighted by Gasteiger charge is -2.23. The van der Waals surface area contributed by atoms with Gasteiger partial charge in [0.1, 0.15) is 16.9 Å². The van der Waals surface area contributed by atoms with Crippen molar-refractivity contribution in [1.82, 2.24) is 9.97 Å². The van der Waals surface area contributed by atoms with Crippen LogP contribution in [0.15, 0.2) is 28.7 Å². The minimum Gasteiger partial charge on any atom is -0.450 e. The molecule has 1 aliphatic rings. The van der Waals surface area contributed by atoms with Crippen LogP contribution in [-0.2, 0) is 6.42 Å². The van der Waals surface area contributed by atoms with Crippen molar-refractivity contribution in [2.75, 3.05) is 5.32 Å². The van der Waals surface area contributed by atoms with E-state index < -0.39 is 0 Å². The third-order valence-corrected chi connectivity index (χ3v) is 4.53. The van der Waals surface area contributed by atoms with E-state index in [0.29, 0.717) is 6.04 Å². The molecule has 1 fully saturated rings. The first-order valence-corrected chi connectivity index (χ1v) is 8.30. The fourth-order valence-electron chi connectivity index (χ4n) is 3.33. The van der Waals surface area contributed by atoms with Crippen LogP contribution in [0.5, 0.6) is 0 Å². The number of nitrogens with zero attached hydrogens (tertiary/aromatic N) is 2. The number of para-hydroxylation sites is 1. The molecule has 1 aromatic carbocycles. The molecular weight excluding hydrogens is 274 g/mol. The maximum absolute atomic E-state index is 6.04. The van der Waals surface area contributed by atoms with Gasteiger partial charge < -0.3 is 9.73 Å². The minimum absolute atomic E-state index is 0.504. The number of nitrogens with one attached hydrogen (secondary N) is 1. The van der Waals surface area contributed by atoms with Gasteiger partial charge in [0.05, 0.1) is 0 Å². The predicted molar refractivity (Wildman–Crippen MR) is 89.2 cm³/mol. The second kappa shape index (κ2) is 5.59. The Labute approximate surface area is 129 Å². The van der Waals surface area contributed by atoms with Gasteiger partial charge in [0.15, 0.2) is 11.4 Å². The summed E-state index contributed by atoms with van der Waals surface area (Å²) in [5, 5.41) is 4.69. The van der Waals surface area contributed by atoms with Gasteiger partial charge in [-0.25, -0.2) is 9.97 Å². The van der Waals surface area contributed by atoms with Gasteiger partial charge in [-0.3, -0.25) is 0 Å². The van der Waals surface area contributed by atoms with Crippen molar-refractivity contribution in [3.05, 3.63) is 30.1 Å². The van der Waals surface area contributed by atoms with Gasteiger partial charge in [-0.2, -0.15) is 0 Å². The maximum Gasteiger partial charge on any atom is 0.196 e. The van der Waals surface area contributed by atoms with E-state index in [1.807, 2.05) is 18.2 Å². The summed E-state index contributed by atoms with van der Waals surface area (Å²) in [5.41, 5.74) is 2.61. The molecule has 0 bridgehead atoms. The highest BCUT2D eigenvalue weighted by molar-refractivity contribution is 6.05. The summed E-state index contributed by atoms with van der Waals surface area (Å²) < 4.78 is 6.04. The van der Waals surface area contributed by atoms with Crippen molar-refractivity contribution < 1.29 is 4.42 Å². The fourth-order valence-corrected chi connectivity index (χ4v) is 3.33. The molecule has 2 heterocycles. The van der Waals surface area contributed by atoms with Crippen LogP contribution >= 0.6 is 0 Å². The SMILES string of the molecule is CCc1nc(NC2CCCCC2)c2oc3ccccc3c2n1. The van der Waals surface area contributed by atoms with Crippen LogP contribution in [0.25, 0.3) is 22.1 Å². The molecule has 0 saturated heterocycles. The van der Waals surface area contributed by atoms with Crippen LogP contribution in [0, 0.1) is 0 Å². The van der Waals surface area contributed by atoms with Gasteiger partial charge >= 0.3 is 0 Å². The molecule has 3 aromatic rings. The number of hydrogen-bond acceptors (Lipinski definition) is 4. The molecule has 1 aliphatic carbocycles. The lowest BCUT2D eigenvalue weighted by Crippen LogP contribution is -2.23. The average Bonchev–Trinajstić information content (AvgIpc) is 2.95. The average molecular weight is 295 g/mol. The van der Waals surface area contributed by atoms with Crippen LogP contribution in [-0.4, -0.2) is 16.0 Å². The van der Waals surface area contributed by atoms with Crippen LogP contribution < -0.4 is 5.32 Å². The fraction of sp³-hybridized carbons (Fsp3) is 0.444. The van der Waals surface area contributed by atoms with Crippen molar-refractivity contribution >= 4 is 27.9 Å². The van der Waals surface area contributed by atoms with Gasteiger partial charge in [0.25, 0.3) is 0 Å². The topological polar surface area (TPSA) is 51.0 Å². The van der Waals surface area contributed by atoms with E-state index >= 15 is 0 Å². The number of fused-ring (bicyclic) bond motifs is 3. The summed E-state index contributed by atoms with van der Waals surface area (Å²) in [6.45, 7) is 2.09. The van der Waals surface area contributed by atoms with E-state index in [-0.39, 0.29) is 0 Å². The lowest BCUT2D eigenvalue weighted by molar-refractivity contribution is 0.461. The minimum atomic E-state index is 0.504. The second-order valence-electron chi connectivity index (χ2n) is 6.10. The monoisotopic (exact) mass is 295 g/mol. The summed E-state index contributed by atoms with van der Waals surface area (Å²) in [6.07, 6.45) is 7.21. The van der Waals surface area contributed by atoms with Crippen molar-refractivity contribution in [3.8, 4) is 0 Å². The first-order chi connectivity index (χ1) is 10.8. The van der Waals surface area contributed by atoms with Crippen LogP contribution in [0.3, 0.4) is 0 Å². The van der Waals surface area contributed by atoms with Crippen molar-refractivity contribution in [1.29, 1.82) is 0 Å². The first kappa shape index (κ1) is 13.6. The Balaban J connectivity index is 1.84. The Morgan fingerprint density at radius 3 is 2.77 bits per heavy atom. The van der Waals surface area contributed by atoms with Crippen LogP contribution in [0.4, 0.5) is 5.82 Å². The molecular formula is C18H21N3O. The summed E-state index contributed by atoms with van der Waals surface area (Å²) in [5.74, 6) is 1.74. The molecule has 114 valence electrons. The zero-order valence-corrected chi connectivity index (χ0v) is 12.9. The van der Waals surface area contributed by atoms with Gasteiger partial charge in [0.2, 0.25) is 0 Å². The molecule has 1 N–H and O–H groups in total. The largest absolute Gasteiger partial charge is 0.450 e. The highest BCUT2D eigenvalue weighted by atomic mass is 16.3. The molecule has 0 amide bonds. The Hall–Kier alpha value is -2.10. The smallest absolute Gasteiger partial charge is 0.196 e. The number of aryl methyl sites for hydroxylation is 1. The Morgan fingerprint density at radius 2 is 1.95 bits per heavy atom. The van der Waals surface area contributed by atoms with Gasteiger partial charge in [-0.05, 0) is 25.0 Å². The standard InChI is InChI=1S/C18H21N3O/c1-2-15-20-16-13-10-6-7-11-14(13)22-17(16)18(21-15)19-12-8-4-3-5-9-12/h6-7,10-12H,2-5,8-9H2,1H3,(H,19,20,21). The van der Waals surface area contributed by atoms with Crippen molar-refractivity contribution in [3.63, 3.8) is 0 Å². The van der Waals surface area contributed by atoms with E-state index in [1.165, 1.54) is 32.1 Å². The Kier molecular flexibility index (Phi) is 3.45. The number of hydrogen-bond donors (Lipinski definition) is 1. The van der Waals surface area contributed by atoms with Crippen molar-refractivity contribution in [2.24, 2.45) is 0 Å². The maximum atomic E-state index is 6.04. The number of benzene rings is 1. The summed E-state index contributed by atoms with van der Waals surface area (Å²) >= 11 is 0. The normalized spacial score (nSPS) is 16.4. The van der Waals surface area contributed by atoms with Crippen molar-refractivity contribution in [2.45, 2.75) is 51.5 Å². The van der Waals surface area contributed by atoms with E-state index in [0.717, 1.165) is 40.1 Å². The quantitative estimate of drug-likeness (QED) is 0.762. The summed E-state index contributed by atoms with van der Waals surface area (Å²) in [6, 6.07) is 8.59. The van der Waals surface area contributed by atoms with Crippen LogP contribution in [0.2, 0.25) is 0 Å². The molecule has 0 radical (unpaired) electrons. The molecule has 0 unspecified atom stereocenters. The highest BCUT2D eigenvalue weighted by Gasteiger charge is 2.19. The number of rotatable bonds is 3. The molecule has 0 aliphatic heterocycles. The first-order valence-electron chi connectivity index (χ1n) is 8.30. The van der Waals surface area contributed by atoms with Gasteiger partial charge in [0, 0.05) is 17.8 Å². The van der Waals surface area contributed by atoms with E-state index in [9.17, 15) is 0 Å². The molecule has 22 heavy (non-hydrogen) atoms. The lowest BCUT2D eigenvalue weighted by atomic mass is 9.95. The summed E-state index contributed by atoms with van der Waals surface area (Å²) in [7, 11) is 0. The van der Waals surface area contributed by atoms with Gasteiger partial charge in [-0.1, -0.05) is 38.3 Å². The molecule has 0 spiro atoms. The highest BCUT2D eigenvalue weighted by Crippen LogP contribution is 2.32. The van der Waals surface area contributed by atoms with E-state index in [1.54, 1.807) is 0 Å². The molecule has 4 heteroatoms. The number of anilines is 1. The van der Waals surface area contributed by atoms with Crippen LogP contribution in [0.1, 0.15) is 44.9 Å². The second-order valence-corrected chi connectivity index (χ2v) is 6.10. The number of furan rings is 1. The molecule has 1 saturated carbocycles. The molecule has 4 nitrogen and oxygen atoms in total. The third kappa shape index (κ3) is 2.32. The molecule has 2 aromatic heterocycles. The summed E-state index contributed by atoms with van der Waals surface area (Å²) in [4.78, 5) is 9.38. The zero-order valence-electron chi connectivity index (χ0n) is 12.9.